The van der Waals surface area contributed by atoms with E-state index in [0.29, 0.717) is 25.0 Å². The molecule has 25 heavy (non-hydrogen) atoms. The fourth-order valence-electron chi connectivity index (χ4n) is 2.54. The van der Waals surface area contributed by atoms with Crippen LogP contribution >= 0.6 is 24.0 Å². The molecule has 0 radical (unpaired) electrons. The number of guanidine groups is 1. The van der Waals surface area contributed by atoms with E-state index >= 15 is 0 Å². The van der Waals surface area contributed by atoms with E-state index in [1.165, 1.54) is 11.3 Å². The van der Waals surface area contributed by atoms with E-state index in [4.69, 9.17) is 0 Å². The largest absolute Gasteiger partial charge is 0.389 e. The first-order valence-corrected chi connectivity index (χ1v) is 8.59. The van der Waals surface area contributed by atoms with Crippen LogP contribution in [0.5, 0.6) is 0 Å². The van der Waals surface area contributed by atoms with Crippen LogP contribution in [0.4, 0.5) is 13.2 Å². The van der Waals surface area contributed by atoms with Crippen molar-refractivity contribution in [1.82, 2.24) is 15.5 Å². The first-order valence-electron chi connectivity index (χ1n) is 8.59. The molecule has 0 heterocycles. The van der Waals surface area contributed by atoms with Gasteiger partial charge < -0.3 is 15.5 Å². The van der Waals surface area contributed by atoms with Crippen molar-refractivity contribution >= 4 is 35.8 Å². The number of nitrogens with one attached hydrogen (secondary N) is 2. The molecule has 0 spiro atoms. The molecule has 0 aromatic rings. The predicted octanol–water partition coefficient (Wildman–Crippen LogP) is 3.29. The molecule has 1 aliphatic carbocycles. The van der Waals surface area contributed by atoms with Crippen LogP contribution < -0.4 is 10.6 Å². The maximum atomic E-state index is 12.1. The smallest absolute Gasteiger partial charge is 0.356 e. The summed E-state index contributed by atoms with van der Waals surface area (Å²) in [5.74, 6) is 0.404. The van der Waals surface area contributed by atoms with Crippen molar-refractivity contribution in [3.63, 3.8) is 0 Å². The monoisotopic (exact) mass is 478 g/mol. The fourth-order valence-corrected chi connectivity index (χ4v) is 2.54. The maximum Gasteiger partial charge on any atom is 0.389 e. The average molecular weight is 478 g/mol. The SMILES string of the molecule is CN(C)C(=O)CN=C(NCCCCC(F)(F)F)NC1CCCCC1.I. The van der Waals surface area contributed by atoms with Gasteiger partial charge in [-0.3, -0.25) is 4.79 Å². The number of nitrogens with zero attached hydrogens (tertiary/aromatic N) is 2. The number of halogens is 4. The van der Waals surface area contributed by atoms with Gasteiger partial charge in [0.15, 0.2) is 5.96 Å². The van der Waals surface area contributed by atoms with Crippen LogP contribution in [0.15, 0.2) is 4.99 Å². The van der Waals surface area contributed by atoms with Gasteiger partial charge in [-0.15, -0.1) is 24.0 Å². The third-order valence-corrected chi connectivity index (χ3v) is 4.00. The number of carbonyl (C=O) groups excluding carboxylic acids is 1. The molecule has 1 amide bonds. The Morgan fingerprint density at radius 2 is 1.80 bits per heavy atom. The van der Waals surface area contributed by atoms with E-state index in [1.54, 1.807) is 14.1 Å². The lowest BCUT2D eigenvalue weighted by Crippen LogP contribution is -2.45. The lowest BCUT2D eigenvalue weighted by molar-refractivity contribution is -0.135. The van der Waals surface area contributed by atoms with E-state index < -0.39 is 12.6 Å². The van der Waals surface area contributed by atoms with Crippen LogP contribution in [0.1, 0.15) is 51.4 Å². The van der Waals surface area contributed by atoms with E-state index in [-0.39, 0.29) is 42.8 Å². The van der Waals surface area contributed by atoms with Gasteiger partial charge in [-0.1, -0.05) is 19.3 Å². The van der Waals surface area contributed by atoms with Gasteiger partial charge in [0.05, 0.1) is 0 Å². The summed E-state index contributed by atoms with van der Waals surface area (Å²) in [6.45, 7) is 0.433. The Morgan fingerprint density at radius 1 is 1.16 bits per heavy atom. The first-order chi connectivity index (χ1) is 11.3. The van der Waals surface area contributed by atoms with Gasteiger partial charge in [-0.2, -0.15) is 13.2 Å². The summed E-state index contributed by atoms with van der Waals surface area (Å²) in [5, 5.41) is 6.35. The average Bonchev–Trinajstić information content (AvgIpc) is 2.51. The van der Waals surface area contributed by atoms with Gasteiger partial charge in [0.25, 0.3) is 0 Å². The summed E-state index contributed by atoms with van der Waals surface area (Å²) < 4.78 is 36.4. The Bertz CT molecular complexity index is 411. The molecule has 5 nitrogen and oxygen atoms in total. The van der Waals surface area contributed by atoms with Crippen molar-refractivity contribution in [2.75, 3.05) is 27.2 Å². The number of hydrogen-bond acceptors (Lipinski definition) is 2. The predicted molar refractivity (Wildman–Crippen MR) is 104 cm³/mol. The quantitative estimate of drug-likeness (QED) is 0.256. The molecule has 148 valence electrons. The number of carbonyl (C=O) groups is 1. The van der Waals surface area contributed by atoms with Crippen molar-refractivity contribution < 1.29 is 18.0 Å². The van der Waals surface area contributed by atoms with Gasteiger partial charge in [0, 0.05) is 33.1 Å². The van der Waals surface area contributed by atoms with Crippen molar-refractivity contribution in [1.29, 1.82) is 0 Å². The molecule has 0 bridgehead atoms. The number of aliphatic imine (C=N–C) groups is 1. The molecule has 2 N–H and O–H groups in total. The Labute approximate surface area is 165 Å². The summed E-state index contributed by atoms with van der Waals surface area (Å²) >= 11 is 0. The highest BCUT2D eigenvalue weighted by molar-refractivity contribution is 14.0. The summed E-state index contributed by atoms with van der Waals surface area (Å²) in [4.78, 5) is 17.4. The number of amides is 1. The van der Waals surface area contributed by atoms with Crippen molar-refractivity contribution in [3.05, 3.63) is 0 Å². The molecule has 9 heteroatoms. The highest BCUT2D eigenvalue weighted by atomic mass is 127. The van der Waals surface area contributed by atoms with Gasteiger partial charge in [0.1, 0.15) is 6.54 Å². The topological polar surface area (TPSA) is 56.7 Å². The minimum Gasteiger partial charge on any atom is -0.356 e. The highest BCUT2D eigenvalue weighted by Gasteiger charge is 2.25. The molecule has 0 unspecified atom stereocenters. The Balaban J connectivity index is 0.00000576. The van der Waals surface area contributed by atoms with Gasteiger partial charge in [0.2, 0.25) is 5.91 Å². The zero-order valence-electron chi connectivity index (χ0n) is 15.0. The Kier molecular flexibility index (Phi) is 12.2. The number of unbranched alkanes of at least 4 members (excludes halogenated alkanes) is 1. The third-order valence-electron chi connectivity index (χ3n) is 4.00. The summed E-state index contributed by atoms with van der Waals surface area (Å²) in [5.41, 5.74) is 0. The second kappa shape index (κ2) is 12.6. The minimum atomic E-state index is -4.10. The molecule has 0 aromatic carbocycles. The third kappa shape index (κ3) is 12.3. The summed E-state index contributed by atoms with van der Waals surface area (Å²) in [6, 6.07) is 0.314. The van der Waals surface area contributed by atoms with Crippen molar-refractivity contribution in [2.45, 2.75) is 63.6 Å². The Hall–Kier alpha value is -0.740. The minimum absolute atomic E-state index is 0. The van der Waals surface area contributed by atoms with E-state index in [9.17, 15) is 18.0 Å². The van der Waals surface area contributed by atoms with Crippen LogP contribution in [0.2, 0.25) is 0 Å². The van der Waals surface area contributed by atoms with Gasteiger partial charge >= 0.3 is 6.18 Å². The van der Waals surface area contributed by atoms with E-state index in [1.807, 2.05) is 0 Å². The molecule has 1 aliphatic rings. The second-order valence-corrected chi connectivity index (χ2v) is 6.43. The normalized spacial score (nSPS) is 16.1. The summed E-state index contributed by atoms with van der Waals surface area (Å²) in [7, 11) is 3.33. The molecule has 1 fully saturated rings. The zero-order chi connectivity index (χ0) is 18.0. The van der Waals surface area contributed by atoms with Crippen LogP contribution in [0, 0.1) is 0 Å². The van der Waals surface area contributed by atoms with E-state index in [2.05, 4.69) is 15.6 Å². The molecule has 1 saturated carbocycles. The first kappa shape index (κ1) is 24.3. The van der Waals surface area contributed by atoms with Crippen molar-refractivity contribution in [3.8, 4) is 0 Å². The van der Waals surface area contributed by atoms with Crippen LogP contribution in [-0.2, 0) is 4.79 Å². The van der Waals surface area contributed by atoms with Gasteiger partial charge in [-0.25, -0.2) is 4.99 Å². The Morgan fingerprint density at radius 3 is 2.36 bits per heavy atom. The molecule has 1 rings (SSSR count). The molecule has 0 aromatic heterocycles. The number of hydrogen-bond donors (Lipinski definition) is 2. The lowest BCUT2D eigenvalue weighted by Gasteiger charge is -2.25. The maximum absolute atomic E-state index is 12.1. The van der Waals surface area contributed by atoms with Crippen molar-refractivity contribution in [2.24, 2.45) is 4.99 Å². The second-order valence-electron chi connectivity index (χ2n) is 6.43. The fraction of sp³-hybridized carbons (Fsp3) is 0.875. The van der Waals surface area contributed by atoms with E-state index in [0.717, 1.165) is 25.7 Å². The number of likely N-dealkylation sites (N-methyl/N-ethyl adjacent to an activating group) is 1. The van der Waals surface area contributed by atoms with Gasteiger partial charge in [-0.05, 0) is 25.7 Å². The highest BCUT2D eigenvalue weighted by Crippen LogP contribution is 2.21. The standard InChI is InChI=1S/C16H29F3N4O.HI/c1-23(2)14(24)12-21-15(22-13-8-4-3-5-9-13)20-11-7-6-10-16(17,18)19;/h13H,3-12H2,1-2H3,(H2,20,21,22);1H. The van der Waals surface area contributed by atoms with Crippen LogP contribution in [0.3, 0.4) is 0 Å². The number of rotatable bonds is 7. The molecule has 0 atom stereocenters. The number of alkyl halides is 3. The molecular weight excluding hydrogens is 448 g/mol. The molecule has 0 aliphatic heterocycles. The summed E-state index contributed by atoms with van der Waals surface area (Å²) in [6.07, 6.45) is 1.28. The van der Waals surface area contributed by atoms with Crippen LogP contribution in [-0.4, -0.2) is 56.2 Å². The molecule has 0 saturated heterocycles. The zero-order valence-corrected chi connectivity index (χ0v) is 17.3. The molecular formula is C16H30F3IN4O. The van der Waals surface area contributed by atoms with Crippen LogP contribution in [0.25, 0.3) is 0 Å². The lowest BCUT2D eigenvalue weighted by atomic mass is 9.96.